The molecular formula is C15H23NO. The van der Waals surface area contributed by atoms with Crippen LogP contribution in [0.25, 0.3) is 0 Å². The van der Waals surface area contributed by atoms with Gasteiger partial charge in [0.25, 0.3) is 0 Å². The molecule has 1 aliphatic rings. The second-order valence-corrected chi connectivity index (χ2v) is 5.74. The van der Waals surface area contributed by atoms with Gasteiger partial charge in [-0.2, -0.15) is 0 Å². The van der Waals surface area contributed by atoms with Crippen molar-refractivity contribution in [1.29, 1.82) is 0 Å². The number of hydrogen-bond acceptors (Lipinski definition) is 2. The normalized spacial score (nSPS) is 18.1. The lowest BCUT2D eigenvalue weighted by Crippen LogP contribution is -2.43. The van der Waals surface area contributed by atoms with Crippen LogP contribution in [0.1, 0.15) is 38.7 Å². The molecule has 0 unspecified atom stereocenters. The van der Waals surface area contributed by atoms with Crippen LogP contribution >= 0.6 is 0 Å². The zero-order valence-corrected chi connectivity index (χ0v) is 10.9. The van der Waals surface area contributed by atoms with Crippen LogP contribution in [-0.4, -0.2) is 17.7 Å². The number of hydrogen-bond donors (Lipinski definition) is 2. The maximum Gasteiger partial charge on any atom is 0.115 e. The minimum absolute atomic E-state index is 0.383. The zero-order chi connectivity index (χ0) is 12.3. The molecule has 0 aromatic heterocycles. The van der Waals surface area contributed by atoms with Crippen molar-refractivity contribution in [2.75, 3.05) is 6.54 Å². The average Bonchev–Trinajstić information content (AvgIpc) is 2.21. The summed E-state index contributed by atoms with van der Waals surface area (Å²) in [5.74, 6) is 0.383. The maximum atomic E-state index is 9.50. The molecule has 1 fully saturated rings. The van der Waals surface area contributed by atoms with Gasteiger partial charge in [0, 0.05) is 12.6 Å². The van der Waals surface area contributed by atoms with Gasteiger partial charge in [0.2, 0.25) is 0 Å². The molecule has 2 nitrogen and oxygen atoms in total. The van der Waals surface area contributed by atoms with Crippen LogP contribution in [0.15, 0.2) is 24.3 Å². The summed E-state index contributed by atoms with van der Waals surface area (Å²) >= 11 is 0. The fourth-order valence-corrected chi connectivity index (χ4v) is 2.61. The van der Waals surface area contributed by atoms with Crippen molar-refractivity contribution in [3.05, 3.63) is 29.8 Å². The second kappa shape index (κ2) is 5.09. The molecule has 1 saturated carbocycles. The van der Waals surface area contributed by atoms with Crippen molar-refractivity contribution in [3.8, 4) is 5.75 Å². The van der Waals surface area contributed by atoms with E-state index in [-0.39, 0.29) is 0 Å². The molecule has 0 saturated heterocycles. The van der Waals surface area contributed by atoms with E-state index in [1.165, 1.54) is 24.8 Å². The minimum Gasteiger partial charge on any atom is -0.508 e. The van der Waals surface area contributed by atoms with Gasteiger partial charge in [-0.25, -0.2) is 0 Å². The van der Waals surface area contributed by atoms with E-state index in [9.17, 15) is 5.11 Å². The molecule has 1 aromatic carbocycles. The summed E-state index contributed by atoms with van der Waals surface area (Å²) in [5.41, 5.74) is 1.69. The Hall–Kier alpha value is -1.02. The average molecular weight is 233 g/mol. The first-order valence-corrected chi connectivity index (χ1v) is 6.61. The minimum atomic E-state index is 0.383. The molecule has 1 aromatic rings. The Morgan fingerprint density at radius 2 is 2.12 bits per heavy atom. The summed E-state index contributed by atoms with van der Waals surface area (Å²) < 4.78 is 0. The van der Waals surface area contributed by atoms with Gasteiger partial charge in [-0.05, 0) is 42.4 Å². The lowest BCUT2D eigenvalue weighted by molar-refractivity contribution is 0.126. The summed E-state index contributed by atoms with van der Waals surface area (Å²) in [6.45, 7) is 5.49. The van der Waals surface area contributed by atoms with E-state index in [2.05, 4.69) is 25.2 Å². The van der Waals surface area contributed by atoms with E-state index in [1.807, 2.05) is 12.1 Å². The highest BCUT2D eigenvalue weighted by Crippen LogP contribution is 2.43. The fraction of sp³-hybridized carbons (Fsp3) is 0.600. The fourth-order valence-electron chi connectivity index (χ4n) is 2.61. The molecule has 2 rings (SSSR count). The van der Waals surface area contributed by atoms with E-state index in [0.29, 0.717) is 17.2 Å². The number of phenols is 1. The number of rotatable bonds is 5. The SMILES string of the molecule is CC(C)NCC1(Cc2cccc(O)c2)CCC1. The van der Waals surface area contributed by atoms with Crippen molar-refractivity contribution in [2.45, 2.75) is 45.6 Å². The van der Waals surface area contributed by atoms with E-state index in [4.69, 9.17) is 0 Å². The standard InChI is InChI=1S/C15H23NO/c1-12(2)16-11-15(7-4-8-15)10-13-5-3-6-14(17)9-13/h3,5-6,9,12,16-17H,4,7-8,10-11H2,1-2H3. The van der Waals surface area contributed by atoms with Crippen molar-refractivity contribution < 1.29 is 5.11 Å². The molecular weight excluding hydrogens is 210 g/mol. The first-order chi connectivity index (χ1) is 8.10. The Balaban J connectivity index is 1.99. The summed E-state index contributed by atoms with van der Waals surface area (Å²) in [5, 5.41) is 13.1. The number of aromatic hydroxyl groups is 1. The van der Waals surface area contributed by atoms with Crippen LogP contribution in [0.3, 0.4) is 0 Å². The summed E-state index contributed by atoms with van der Waals surface area (Å²) in [7, 11) is 0. The van der Waals surface area contributed by atoms with Crippen molar-refractivity contribution in [1.82, 2.24) is 5.32 Å². The van der Waals surface area contributed by atoms with E-state index in [1.54, 1.807) is 6.07 Å². The van der Waals surface area contributed by atoms with Crippen LogP contribution in [0.2, 0.25) is 0 Å². The Bertz CT molecular complexity index is 369. The molecule has 0 radical (unpaired) electrons. The van der Waals surface area contributed by atoms with E-state index >= 15 is 0 Å². The molecule has 0 atom stereocenters. The van der Waals surface area contributed by atoms with E-state index < -0.39 is 0 Å². The molecule has 2 heteroatoms. The molecule has 0 heterocycles. The third kappa shape index (κ3) is 3.22. The number of nitrogens with one attached hydrogen (secondary N) is 1. The zero-order valence-electron chi connectivity index (χ0n) is 10.9. The Kier molecular flexibility index (Phi) is 3.72. The molecule has 1 aliphatic carbocycles. The topological polar surface area (TPSA) is 32.3 Å². The van der Waals surface area contributed by atoms with Gasteiger partial charge in [-0.15, -0.1) is 0 Å². The third-order valence-corrected chi connectivity index (χ3v) is 3.79. The monoisotopic (exact) mass is 233 g/mol. The molecule has 94 valence electrons. The summed E-state index contributed by atoms with van der Waals surface area (Å²) in [6.07, 6.45) is 5.05. The Morgan fingerprint density at radius 3 is 2.65 bits per heavy atom. The van der Waals surface area contributed by atoms with Gasteiger partial charge in [-0.1, -0.05) is 32.4 Å². The van der Waals surface area contributed by atoms with Crippen molar-refractivity contribution in [2.24, 2.45) is 5.41 Å². The van der Waals surface area contributed by atoms with Crippen molar-refractivity contribution >= 4 is 0 Å². The molecule has 0 bridgehead atoms. The van der Waals surface area contributed by atoms with E-state index in [0.717, 1.165) is 13.0 Å². The van der Waals surface area contributed by atoms with Crippen molar-refractivity contribution in [3.63, 3.8) is 0 Å². The first kappa shape index (κ1) is 12.4. The van der Waals surface area contributed by atoms with Crippen LogP contribution in [0.5, 0.6) is 5.75 Å². The van der Waals surface area contributed by atoms with Gasteiger partial charge in [0.15, 0.2) is 0 Å². The highest BCUT2D eigenvalue weighted by molar-refractivity contribution is 5.28. The number of benzene rings is 1. The quantitative estimate of drug-likeness (QED) is 0.819. The molecule has 2 N–H and O–H groups in total. The smallest absolute Gasteiger partial charge is 0.115 e. The van der Waals surface area contributed by atoms with Crippen LogP contribution < -0.4 is 5.32 Å². The Morgan fingerprint density at radius 1 is 1.35 bits per heavy atom. The maximum absolute atomic E-state index is 9.50. The summed E-state index contributed by atoms with van der Waals surface area (Å²) in [6, 6.07) is 8.25. The molecule has 0 amide bonds. The van der Waals surface area contributed by atoms with Gasteiger partial charge in [-0.3, -0.25) is 0 Å². The van der Waals surface area contributed by atoms with Gasteiger partial charge < -0.3 is 10.4 Å². The van der Waals surface area contributed by atoms with Gasteiger partial charge in [0.05, 0.1) is 0 Å². The van der Waals surface area contributed by atoms with Gasteiger partial charge in [0.1, 0.15) is 5.75 Å². The first-order valence-electron chi connectivity index (χ1n) is 6.61. The summed E-state index contributed by atoms with van der Waals surface area (Å²) in [4.78, 5) is 0. The highest BCUT2D eigenvalue weighted by atomic mass is 16.3. The molecule has 0 spiro atoms. The predicted octanol–water partition coefficient (Wildman–Crippen LogP) is 3.10. The lowest BCUT2D eigenvalue weighted by Gasteiger charge is -2.43. The molecule has 17 heavy (non-hydrogen) atoms. The predicted molar refractivity (Wildman–Crippen MR) is 71.2 cm³/mol. The Labute approximate surface area is 104 Å². The second-order valence-electron chi connectivity index (χ2n) is 5.74. The largest absolute Gasteiger partial charge is 0.508 e. The third-order valence-electron chi connectivity index (χ3n) is 3.79. The van der Waals surface area contributed by atoms with Gasteiger partial charge >= 0.3 is 0 Å². The lowest BCUT2D eigenvalue weighted by atomic mass is 9.65. The number of phenolic OH excluding ortho intramolecular Hbond substituents is 1. The van der Waals surface area contributed by atoms with Crippen LogP contribution in [0.4, 0.5) is 0 Å². The van der Waals surface area contributed by atoms with Crippen LogP contribution in [-0.2, 0) is 6.42 Å². The highest BCUT2D eigenvalue weighted by Gasteiger charge is 2.36. The molecule has 0 aliphatic heterocycles. The van der Waals surface area contributed by atoms with Crippen LogP contribution in [0, 0.1) is 5.41 Å².